The molecule has 1 aromatic heterocycles. The summed E-state index contributed by atoms with van der Waals surface area (Å²) in [6.45, 7) is 15.9. The molecule has 0 aliphatic heterocycles. The first-order valence-corrected chi connectivity index (χ1v) is 8.17. The average molecular weight is 315 g/mol. The number of hydrogen-bond donors (Lipinski definition) is 2. The average Bonchev–Trinajstić information content (AvgIpc) is 2.83. The zero-order chi connectivity index (χ0) is 17.4. The van der Waals surface area contributed by atoms with E-state index in [9.17, 15) is 0 Å². The van der Waals surface area contributed by atoms with Gasteiger partial charge < -0.3 is 10.5 Å². The Morgan fingerprint density at radius 3 is 2.13 bits per heavy atom. The van der Waals surface area contributed by atoms with Crippen molar-refractivity contribution in [1.29, 1.82) is 0 Å². The Labute approximate surface area is 139 Å². The lowest BCUT2D eigenvalue weighted by Gasteiger charge is -2.29. The van der Waals surface area contributed by atoms with Crippen LogP contribution >= 0.6 is 0 Å². The highest BCUT2D eigenvalue weighted by Gasteiger charge is 2.27. The Hall–Kier alpha value is -1.97. The van der Waals surface area contributed by atoms with E-state index >= 15 is 0 Å². The lowest BCUT2D eigenvalue weighted by atomic mass is 9.78. The van der Waals surface area contributed by atoms with Crippen molar-refractivity contribution >= 4 is 5.82 Å². The van der Waals surface area contributed by atoms with Gasteiger partial charge in [-0.2, -0.15) is 5.10 Å². The maximum Gasteiger partial charge on any atom is 0.145 e. The smallest absolute Gasteiger partial charge is 0.145 e. The molecule has 0 bridgehead atoms. The third kappa shape index (κ3) is 3.69. The lowest BCUT2D eigenvalue weighted by Crippen LogP contribution is -2.18. The lowest BCUT2D eigenvalue weighted by molar-refractivity contribution is 0.330. The number of nitrogens with one attached hydrogen (secondary N) is 1. The van der Waals surface area contributed by atoms with E-state index in [4.69, 9.17) is 10.5 Å². The van der Waals surface area contributed by atoms with E-state index in [1.165, 1.54) is 11.1 Å². The van der Waals surface area contributed by atoms with Gasteiger partial charge in [-0.3, -0.25) is 5.10 Å². The van der Waals surface area contributed by atoms with Gasteiger partial charge in [0.2, 0.25) is 0 Å². The highest BCUT2D eigenvalue weighted by molar-refractivity contribution is 5.73. The predicted octanol–water partition coefficient (Wildman–Crippen LogP) is 4.65. The van der Waals surface area contributed by atoms with Crippen molar-refractivity contribution in [1.82, 2.24) is 10.2 Å². The van der Waals surface area contributed by atoms with E-state index in [-0.39, 0.29) is 10.8 Å². The number of H-pyrrole nitrogens is 1. The quantitative estimate of drug-likeness (QED) is 0.866. The number of nitrogens with two attached hydrogens (primary N) is 1. The van der Waals surface area contributed by atoms with Crippen LogP contribution in [0, 0.1) is 0 Å². The monoisotopic (exact) mass is 315 g/mol. The summed E-state index contributed by atoms with van der Waals surface area (Å²) in [7, 11) is 0. The molecule has 4 heteroatoms. The molecule has 1 heterocycles. The first-order valence-electron chi connectivity index (χ1n) is 8.17. The highest BCUT2D eigenvalue weighted by atomic mass is 16.5. The molecule has 0 radical (unpaired) electrons. The van der Waals surface area contributed by atoms with Gasteiger partial charge in [0.15, 0.2) is 0 Å². The molecule has 2 rings (SSSR count). The molecule has 2 aromatic rings. The predicted molar refractivity (Wildman–Crippen MR) is 97.0 cm³/mol. The Balaban J connectivity index is 2.80. The van der Waals surface area contributed by atoms with Gasteiger partial charge in [-0.25, -0.2) is 0 Å². The number of aromatic amines is 1. The van der Waals surface area contributed by atoms with Crippen LogP contribution in [0.5, 0.6) is 5.75 Å². The van der Waals surface area contributed by atoms with Crippen LogP contribution in [0.3, 0.4) is 0 Å². The fourth-order valence-corrected chi connectivity index (χ4v) is 2.59. The van der Waals surface area contributed by atoms with Gasteiger partial charge in [0.25, 0.3) is 0 Å². The number of nitrogens with zero attached hydrogens (tertiary/aromatic N) is 1. The summed E-state index contributed by atoms with van der Waals surface area (Å²) >= 11 is 0. The third-order valence-electron chi connectivity index (χ3n) is 3.94. The first kappa shape index (κ1) is 17.4. The van der Waals surface area contributed by atoms with Gasteiger partial charge in [-0.15, -0.1) is 0 Å². The summed E-state index contributed by atoms with van der Waals surface area (Å²) in [4.78, 5) is 0. The summed E-state index contributed by atoms with van der Waals surface area (Å²) < 4.78 is 6.04. The Morgan fingerprint density at radius 1 is 1.04 bits per heavy atom. The number of rotatable bonds is 3. The van der Waals surface area contributed by atoms with E-state index < -0.39 is 0 Å². The van der Waals surface area contributed by atoms with Crippen LogP contribution in [-0.2, 0) is 10.8 Å². The van der Waals surface area contributed by atoms with E-state index in [0.717, 1.165) is 17.0 Å². The molecular formula is C19H29N3O. The minimum atomic E-state index is -0.0217. The van der Waals surface area contributed by atoms with Crippen molar-refractivity contribution in [3.05, 3.63) is 29.3 Å². The molecule has 0 amide bonds. The molecule has 0 unspecified atom stereocenters. The van der Waals surface area contributed by atoms with E-state index in [2.05, 4.69) is 63.9 Å². The van der Waals surface area contributed by atoms with Gasteiger partial charge in [-0.05, 0) is 29.4 Å². The minimum absolute atomic E-state index is 0.0217. The molecule has 0 atom stereocenters. The van der Waals surface area contributed by atoms with E-state index in [1.54, 1.807) is 0 Å². The van der Waals surface area contributed by atoms with Gasteiger partial charge in [0.1, 0.15) is 11.6 Å². The van der Waals surface area contributed by atoms with Crippen LogP contribution in [0.2, 0.25) is 0 Å². The number of benzene rings is 1. The summed E-state index contributed by atoms with van der Waals surface area (Å²) in [5.41, 5.74) is 10.2. The molecule has 0 aliphatic rings. The first-order chi connectivity index (χ1) is 10.5. The van der Waals surface area contributed by atoms with Crippen LogP contribution in [0.25, 0.3) is 11.3 Å². The molecular weight excluding hydrogens is 286 g/mol. The molecule has 126 valence electrons. The van der Waals surface area contributed by atoms with Crippen molar-refractivity contribution in [2.75, 3.05) is 12.3 Å². The van der Waals surface area contributed by atoms with Crippen molar-refractivity contribution in [2.45, 2.75) is 59.3 Å². The largest absolute Gasteiger partial charge is 0.493 e. The van der Waals surface area contributed by atoms with Crippen LogP contribution in [-0.4, -0.2) is 16.8 Å². The molecule has 23 heavy (non-hydrogen) atoms. The molecule has 0 aliphatic carbocycles. The molecule has 3 N–H and O–H groups in total. The highest BCUT2D eigenvalue weighted by Crippen LogP contribution is 2.42. The van der Waals surface area contributed by atoms with E-state index in [1.807, 2.05) is 13.0 Å². The maximum atomic E-state index is 6.04. The maximum absolute atomic E-state index is 6.04. The van der Waals surface area contributed by atoms with Crippen molar-refractivity contribution in [2.24, 2.45) is 0 Å². The second kappa shape index (κ2) is 5.91. The van der Waals surface area contributed by atoms with Crippen molar-refractivity contribution in [3.8, 4) is 17.0 Å². The number of hydrogen-bond acceptors (Lipinski definition) is 3. The minimum Gasteiger partial charge on any atom is -0.493 e. The number of nitrogen functional groups attached to an aromatic ring is 1. The molecule has 0 fully saturated rings. The summed E-state index contributed by atoms with van der Waals surface area (Å²) in [5, 5.41) is 7.10. The van der Waals surface area contributed by atoms with Crippen molar-refractivity contribution in [3.63, 3.8) is 0 Å². The van der Waals surface area contributed by atoms with Gasteiger partial charge >= 0.3 is 0 Å². The fraction of sp³-hybridized carbons (Fsp3) is 0.526. The standard InChI is InChI=1S/C19H29N3O/c1-8-23-17-13(15-11-16(20)22-21-15)9-12(18(2,3)4)10-14(17)19(5,6)7/h9-11H,8H2,1-7H3,(H3,20,21,22). The van der Waals surface area contributed by atoms with Gasteiger partial charge in [-0.1, -0.05) is 47.6 Å². The second-order valence-electron chi connectivity index (χ2n) is 8.04. The Kier molecular flexibility index (Phi) is 4.47. The summed E-state index contributed by atoms with van der Waals surface area (Å²) in [6.07, 6.45) is 0. The van der Waals surface area contributed by atoms with Crippen LogP contribution in [0.4, 0.5) is 5.82 Å². The van der Waals surface area contributed by atoms with Crippen LogP contribution < -0.4 is 10.5 Å². The Morgan fingerprint density at radius 2 is 1.70 bits per heavy atom. The number of anilines is 1. The molecule has 0 spiro atoms. The van der Waals surface area contributed by atoms with Crippen molar-refractivity contribution < 1.29 is 4.74 Å². The molecule has 4 nitrogen and oxygen atoms in total. The molecule has 0 saturated carbocycles. The zero-order valence-electron chi connectivity index (χ0n) is 15.4. The third-order valence-corrected chi connectivity index (χ3v) is 3.94. The second-order valence-corrected chi connectivity index (χ2v) is 8.04. The fourth-order valence-electron chi connectivity index (χ4n) is 2.59. The SMILES string of the molecule is CCOc1c(-c2cc(N)n[nH]2)cc(C(C)(C)C)cc1C(C)(C)C. The van der Waals surface area contributed by atoms with Gasteiger partial charge in [0, 0.05) is 17.2 Å². The zero-order valence-corrected chi connectivity index (χ0v) is 15.4. The van der Waals surface area contributed by atoms with Crippen LogP contribution in [0.15, 0.2) is 18.2 Å². The number of aromatic nitrogens is 2. The molecule has 0 saturated heterocycles. The summed E-state index contributed by atoms with van der Waals surface area (Å²) in [5.74, 6) is 1.40. The molecule has 1 aromatic carbocycles. The van der Waals surface area contributed by atoms with Gasteiger partial charge in [0.05, 0.1) is 12.3 Å². The Bertz CT molecular complexity index is 688. The van der Waals surface area contributed by atoms with Crippen LogP contribution in [0.1, 0.15) is 59.6 Å². The normalized spacial score (nSPS) is 12.5. The topological polar surface area (TPSA) is 63.9 Å². The number of ether oxygens (including phenoxy) is 1. The summed E-state index contributed by atoms with van der Waals surface area (Å²) in [6, 6.07) is 6.32. The van der Waals surface area contributed by atoms with E-state index in [0.29, 0.717) is 12.4 Å².